The number of hydrogen-bond acceptors (Lipinski definition) is 6. The van der Waals surface area contributed by atoms with Gasteiger partial charge in [0.05, 0.1) is 16.9 Å². The molecular weight excluding hydrogens is 484 g/mol. The number of rotatable bonds is 10. The van der Waals surface area contributed by atoms with Gasteiger partial charge in [-0.05, 0) is 43.9 Å². The quantitative estimate of drug-likeness (QED) is 0.381. The van der Waals surface area contributed by atoms with Crippen molar-refractivity contribution in [1.29, 1.82) is 0 Å². The molecule has 0 spiro atoms. The molecule has 2 aromatic rings. The molecule has 0 unspecified atom stereocenters. The van der Waals surface area contributed by atoms with Crippen LogP contribution >= 0.6 is 0 Å². The molecule has 0 aliphatic heterocycles. The van der Waals surface area contributed by atoms with Crippen molar-refractivity contribution in [3.8, 4) is 0 Å². The number of sulfonamides is 1. The number of nitrogens with one attached hydrogen (secondary N) is 1. The largest absolute Gasteiger partial charge is 0.352 e. The molecule has 11 heteroatoms. The Morgan fingerprint density at radius 3 is 2.42 bits per heavy atom. The molecule has 3 rings (SSSR count). The summed E-state index contributed by atoms with van der Waals surface area (Å²) >= 11 is 0. The predicted molar refractivity (Wildman–Crippen MR) is 137 cm³/mol. The van der Waals surface area contributed by atoms with Crippen molar-refractivity contribution in [3.05, 3.63) is 69.8 Å². The molecule has 2 aromatic carbocycles. The van der Waals surface area contributed by atoms with Crippen molar-refractivity contribution >= 4 is 33.2 Å². The lowest BCUT2D eigenvalue weighted by Crippen LogP contribution is -2.52. The molecule has 1 saturated carbocycles. The second-order valence-electron chi connectivity index (χ2n) is 9.16. The SMILES string of the molecule is Cc1ccccc1CN(C(=O)CN(c1cccc([N+](=O)[O-])c1)S(C)(=O)=O)[C@@H](C)C(=O)NC1CCCC1. The molecule has 2 amide bonds. The maximum absolute atomic E-state index is 13.6. The average molecular weight is 517 g/mol. The minimum Gasteiger partial charge on any atom is -0.352 e. The molecular formula is C25H32N4O6S. The van der Waals surface area contributed by atoms with E-state index in [2.05, 4.69) is 5.32 Å². The smallest absolute Gasteiger partial charge is 0.271 e. The minimum atomic E-state index is -3.97. The Morgan fingerprint density at radius 1 is 1.14 bits per heavy atom. The molecule has 194 valence electrons. The summed E-state index contributed by atoms with van der Waals surface area (Å²) in [5.41, 5.74) is 1.46. The molecule has 0 saturated heterocycles. The molecule has 1 aliphatic carbocycles. The first-order chi connectivity index (χ1) is 17.0. The van der Waals surface area contributed by atoms with E-state index in [9.17, 15) is 28.1 Å². The summed E-state index contributed by atoms with van der Waals surface area (Å²) in [5.74, 6) is -0.894. The van der Waals surface area contributed by atoms with Crippen LogP contribution in [0.25, 0.3) is 0 Å². The van der Waals surface area contributed by atoms with Gasteiger partial charge in [-0.2, -0.15) is 0 Å². The number of carbonyl (C=O) groups excluding carboxylic acids is 2. The average Bonchev–Trinajstić information content (AvgIpc) is 3.33. The van der Waals surface area contributed by atoms with E-state index in [4.69, 9.17) is 0 Å². The highest BCUT2D eigenvalue weighted by Gasteiger charge is 2.32. The van der Waals surface area contributed by atoms with Crippen molar-refractivity contribution in [2.24, 2.45) is 0 Å². The van der Waals surface area contributed by atoms with Crippen LogP contribution in [-0.4, -0.2) is 54.9 Å². The Morgan fingerprint density at radius 2 is 1.81 bits per heavy atom. The van der Waals surface area contributed by atoms with E-state index < -0.39 is 33.4 Å². The van der Waals surface area contributed by atoms with E-state index in [0.717, 1.165) is 53.4 Å². The van der Waals surface area contributed by atoms with Crippen LogP contribution in [0.4, 0.5) is 11.4 Å². The molecule has 0 bridgehead atoms. The summed E-state index contributed by atoms with van der Waals surface area (Å²) in [6, 6.07) is 11.8. The van der Waals surface area contributed by atoms with E-state index in [1.165, 1.54) is 23.1 Å². The van der Waals surface area contributed by atoms with Crippen molar-refractivity contribution in [2.75, 3.05) is 17.1 Å². The van der Waals surface area contributed by atoms with Gasteiger partial charge in [0, 0.05) is 24.7 Å². The normalized spacial score (nSPS) is 14.8. The monoisotopic (exact) mass is 516 g/mol. The number of amides is 2. The maximum atomic E-state index is 13.6. The summed E-state index contributed by atoms with van der Waals surface area (Å²) in [7, 11) is -3.97. The van der Waals surface area contributed by atoms with Gasteiger partial charge in [0.2, 0.25) is 21.8 Å². The third-order valence-corrected chi connectivity index (χ3v) is 7.62. The Hall–Kier alpha value is -3.47. The molecule has 0 radical (unpaired) electrons. The number of nitrogens with zero attached hydrogens (tertiary/aromatic N) is 3. The van der Waals surface area contributed by atoms with Crippen molar-refractivity contribution < 1.29 is 22.9 Å². The van der Waals surface area contributed by atoms with Crippen LogP contribution in [0.2, 0.25) is 0 Å². The fourth-order valence-corrected chi connectivity index (χ4v) is 5.16. The lowest BCUT2D eigenvalue weighted by molar-refractivity contribution is -0.384. The van der Waals surface area contributed by atoms with Gasteiger partial charge in [0.1, 0.15) is 12.6 Å². The number of non-ortho nitro benzene ring substituents is 1. The number of nitro benzene ring substituents is 1. The Balaban J connectivity index is 1.91. The fraction of sp³-hybridized carbons (Fsp3) is 0.440. The third kappa shape index (κ3) is 6.81. The van der Waals surface area contributed by atoms with Crippen molar-refractivity contribution in [3.63, 3.8) is 0 Å². The summed E-state index contributed by atoms with van der Waals surface area (Å²) in [6.07, 6.45) is 4.79. The second-order valence-corrected chi connectivity index (χ2v) is 11.1. The number of aryl methyl sites for hydroxylation is 1. The van der Waals surface area contributed by atoms with Gasteiger partial charge in [-0.25, -0.2) is 8.42 Å². The van der Waals surface area contributed by atoms with E-state index in [1.807, 2.05) is 31.2 Å². The van der Waals surface area contributed by atoms with Crippen LogP contribution in [0.1, 0.15) is 43.7 Å². The Labute approximate surface area is 211 Å². The van der Waals surface area contributed by atoms with Gasteiger partial charge in [-0.3, -0.25) is 24.0 Å². The molecule has 10 nitrogen and oxygen atoms in total. The van der Waals surface area contributed by atoms with E-state index in [1.54, 1.807) is 6.92 Å². The lowest BCUT2D eigenvalue weighted by atomic mass is 10.1. The highest BCUT2D eigenvalue weighted by atomic mass is 32.2. The highest BCUT2D eigenvalue weighted by molar-refractivity contribution is 7.92. The molecule has 1 atom stereocenters. The van der Waals surface area contributed by atoms with Crippen LogP contribution in [0, 0.1) is 17.0 Å². The molecule has 1 fully saturated rings. The van der Waals surface area contributed by atoms with Crippen LogP contribution in [0.15, 0.2) is 48.5 Å². The summed E-state index contributed by atoms with van der Waals surface area (Å²) in [5, 5.41) is 14.2. The van der Waals surface area contributed by atoms with Crippen LogP contribution < -0.4 is 9.62 Å². The standard InChI is InChI=1S/C25H32N4O6S/c1-18-9-4-5-10-20(18)16-27(19(2)25(31)26-21-11-6-7-12-21)24(30)17-28(36(3,34)35)22-13-8-14-23(15-22)29(32)33/h4-5,8-10,13-15,19,21H,6-7,11-12,16-17H2,1-3H3,(H,26,31)/t19-/m0/s1. The summed E-state index contributed by atoms with van der Waals surface area (Å²) in [6.45, 7) is 3.02. The highest BCUT2D eigenvalue weighted by Crippen LogP contribution is 2.24. The lowest BCUT2D eigenvalue weighted by Gasteiger charge is -2.32. The number of benzene rings is 2. The molecule has 1 N–H and O–H groups in total. The second kappa shape index (κ2) is 11.5. The van der Waals surface area contributed by atoms with E-state index in [-0.39, 0.29) is 29.9 Å². The van der Waals surface area contributed by atoms with Gasteiger partial charge in [-0.15, -0.1) is 0 Å². The molecule has 36 heavy (non-hydrogen) atoms. The fourth-order valence-electron chi connectivity index (χ4n) is 4.32. The number of nitro groups is 1. The zero-order valence-electron chi connectivity index (χ0n) is 20.7. The molecule has 0 aromatic heterocycles. The van der Waals surface area contributed by atoms with Gasteiger partial charge in [-0.1, -0.05) is 43.2 Å². The third-order valence-electron chi connectivity index (χ3n) is 6.48. The van der Waals surface area contributed by atoms with Crippen LogP contribution in [0.3, 0.4) is 0 Å². The molecule has 1 aliphatic rings. The zero-order chi connectivity index (χ0) is 26.5. The van der Waals surface area contributed by atoms with E-state index in [0.29, 0.717) is 0 Å². The topological polar surface area (TPSA) is 130 Å². The van der Waals surface area contributed by atoms with Crippen LogP contribution in [-0.2, 0) is 26.2 Å². The predicted octanol–water partition coefficient (Wildman–Crippen LogP) is 3.15. The first-order valence-corrected chi connectivity index (χ1v) is 13.7. The first kappa shape index (κ1) is 27.1. The first-order valence-electron chi connectivity index (χ1n) is 11.8. The van der Waals surface area contributed by atoms with Gasteiger partial charge < -0.3 is 10.2 Å². The zero-order valence-corrected chi connectivity index (χ0v) is 21.5. The summed E-state index contributed by atoms with van der Waals surface area (Å²) in [4.78, 5) is 38.6. The number of hydrogen-bond donors (Lipinski definition) is 1. The molecule has 0 heterocycles. The Kier molecular flexibility index (Phi) is 8.67. The maximum Gasteiger partial charge on any atom is 0.271 e. The number of anilines is 1. The van der Waals surface area contributed by atoms with Crippen molar-refractivity contribution in [1.82, 2.24) is 10.2 Å². The van der Waals surface area contributed by atoms with Gasteiger partial charge in [0.25, 0.3) is 5.69 Å². The number of carbonyl (C=O) groups is 2. The van der Waals surface area contributed by atoms with Crippen LogP contribution in [0.5, 0.6) is 0 Å². The Bertz CT molecular complexity index is 1230. The minimum absolute atomic E-state index is 0.000970. The summed E-state index contributed by atoms with van der Waals surface area (Å²) < 4.78 is 26.1. The van der Waals surface area contributed by atoms with Gasteiger partial charge in [0.15, 0.2) is 0 Å². The van der Waals surface area contributed by atoms with Crippen molar-refractivity contribution in [2.45, 2.75) is 58.2 Å². The van der Waals surface area contributed by atoms with Gasteiger partial charge >= 0.3 is 0 Å². The van der Waals surface area contributed by atoms with E-state index >= 15 is 0 Å².